The van der Waals surface area contributed by atoms with Crippen LogP contribution in [0.3, 0.4) is 0 Å². The van der Waals surface area contributed by atoms with Crippen LogP contribution in [0.1, 0.15) is 5.69 Å². The molecule has 0 saturated heterocycles. The zero-order valence-corrected chi connectivity index (χ0v) is 17.8. The summed E-state index contributed by atoms with van der Waals surface area (Å²) in [6, 6.07) is 7.05. The lowest BCUT2D eigenvalue weighted by molar-refractivity contribution is -0.189. The molecule has 0 spiro atoms. The van der Waals surface area contributed by atoms with Gasteiger partial charge in [0, 0.05) is 5.39 Å². The molecule has 2 aromatic carbocycles. The number of hydrogen-bond acceptors (Lipinski definition) is 9. The molecule has 4 aromatic rings. The van der Waals surface area contributed by atoms with Gasteiger partial charge in [-0.05, 0) is 31.2 Å². The maximum Gasteiger partial charge on any atom is 0.491 e. The highest BCUT2D eigenvalue weighted by molar-refractivity contribution is 5.92. The molecule has 176 valence electrons. The summed E-state index contributed by atoms with van der Waals surface area (Å²) in [7, 11) is 2.62. The number of nitrogens with zero attached hydrogens (tertiary/aromatic N) is 4. The number of aromatic nitrogens is 4. The third-order valence-electron chi connectivity index (χ3n) is 4.69. The van der Waals surface area contributed by atoms with E-state index in [4.69, 9.17) is 9.47 Å². The van der Waals surface area contributed by atoms with Crippen molar-refractivity contribution in [3.8, 4) is 17.4 Å². The highest BCUT2D eigenvalue weighted by Gasteiger charge is 2.42. The second kappa shape index (κ2) is 8.57. The molecule has 0 atom stereocenters. The molecule has 0 amide bonds. The van der Waals surface area contributed by atoms with E-state index in [1.165, 1.54) is 44.6 Å². The number of carbonyl (C=O) groups is 1. The van der Waals surface area contributed by atoms with Crippen LogP contribution in [0.25, 0.3) is 21.8 Å². The lowest BCUT2D eigenvalue weighted by atomic mass is 10.2. The number of rotatable bonds is 5. The van der Waals surface area contributed by atoms with E-state index in [9.17, 15) is 22.4 Å². The Balaban J connectivity index is 1.85. The molecule has 0 aliphatic rings. The maximum absolute atomic E-state index is 14.2. The SMILES string of the molecule is COc1cccc2c(OC(=O)C(F)(F)F)nc(Nc3nc(C)c4ccc(F)c(OC)c4n3)nc12. The van der Waals surface area contributed by atoms with Crippen LogP contribution >= 0.6 is 0 Å². The molecule has 0 unspecified atom stereocenters. The van der Waals surface area contributed by atoms with E-state index < -0.39 is 23.8 Å². The normalized spacial score (nSPS) is 11.5. The summed E-state index contributed by atoms with van der Waals surface area (Å²) in [4.78, 5) is 28.1. The van der Waals surface area contributed by atoms with Gasteiger partial charge in [-0.1, -0.05) is 6.07 Å². The van der Waals surface area contributed by atoms with Gasteiger partial charge in [0.2, 0.25) is 17.8 Å². The third-order valence-corrected chi connectivity index (χ3v) is 4.69. The van der Waals surface area contributed by atoms with Crippen LogP contribution < -0.4 is 19.5 Å². The van der Waals surface area contributed by atoms with Gasteiger partial charge in [-0.3, -0.25) is 5.32 Å². The van der Waals surface area contributed by atoms with Crippen molar-refractivity contribution in [2.24, 2.45) is 0 Å². The number of carbonyl (C=O) groups excluding carboxylic acids is 1. The number of fused-ring (bicyclic) bond motifs is 2. The number of benzene rings is 2. The van der Waals surface area contributed by atoms with Crippen molar-refractivity contribution >= 4 is 39.7 Å². The van der Waals surface area contributed by atoms with Gasteiger partial charge >= 0.3 is 12.1 Å². The number of halogens is 4. The van der Waals surface area contributed by atoms with Gasteiger partial charge < -0.3 is 14.2 Å². The van der Waals surface area contributed by atoms with Gasteiger partial charge in [0.25, 0.3) is 0 Å². The maximum atomic E-state index is 14.2. The van der Waals surface area contributed by atoms with Gasteiger partial charge in [-0.25, -0.2) is 24.1 Å². The molecule has 0 saturated carbocycles. The van der Waals surface area contributed by atoms with Crippen molar-refractivity contribution in [3.05, 3.63) is 41.8 Å². The van der Waals surface area contributed by atoms with E-state index in [2.05, 4.69) is 30.0 Å². The Kier molecular flexibility index (Phi) is 5.77. The summed E-state index contributed by atoms with van der Waals surface area (Å²) < 4.78 is 67.4. The summed E-state index contributed by atoms with van der Waals surface area (Å²) >= 11 is 0. The number of alkyl halides is 3. The predicted molar refractivity (Wildman–Crippen MR) is 112 cm³/mol. The molecule has 1 N–H and O–H groups in total. The topological polar surface area (TPSA) is 108 Å². The van der Waals surface area contributed by atoms with E-state index >= 15 is 0 Å². The fraction of sp³-hybridized carbons (Fsp3) is 0.190. The number of nitrogens with one attached hydrogen (secondary N) is 1. The van der Waals surface area contributed by atoms with E-state index in [1.54, 1.807) is 6.92 Å². The average Bonchev–Trinajstić information content (AvgIpc) is 2.78. The average molecular weight is 477 g/mol. The van der Waals surface area contributed by atoms with Crippen LogP contribution in [-0.4, -0.2) is 46.3 Å². The van der Waals surface area contributed by atoms with Gasteiger partial charge in [0.15, 0.2) is 11.6 Å². The Labute approximate surface area is 188 Å². The first-order valence-electron chi connectivity index (χ1n) is 9.54. The summed E-state index contributed by atoms with van der Waals surface area (Å²) in [6.07, 6.45) is -5.25. The third kappa shape index (κ3) is 4.19. The first-order chi connectivity index (χ1) is 16.1. The standard InChI is InChI=1S/C21H15F4N5O4/c1-9-10-7-8-12(22)16(33-3)15(10)28-19(26-9)30-20-27-14-11(5-4-6-13(14)32-2)17(29-20)34-18(31)21(23,24)25/h4-8H,1-3H3,(H,26,27,28,29,30). The molecular weight excluding hydrogens is 462 g/mol. The fourth-order valence-corrected chi connectivity index (χ4v) is 3.19. The van der Waals surface area contributed by atoms with Gasteiger partial charge in [0.1, 0.15) is 16.8 Å². The zero-order valence-electron chi connectivity index (χ0n) is 17.8. The molecule has 2 aromatic heterocycles. The summed E-state index contributed by atoms with van der Waals surface area (Å²) in [5.74, 6) is -4.09. The number of para-hydroxylation sites is 1. The minimum atomic E-state index is -5.25. The van der Waals surface area contributed by atoms with Crippen molar-refractivity contribution in [1.82, 2.24) is 19.9 Å². The molecule has 13 heteroatoms. The largest absolute Gasteiger partial charge is 0.494 e. The highest BCUT2D eigenvalue weighted by atomic mass is 19.4. The molecule has 9 nitrogen and oxygen atoms in total. The minimum Gasteiger partial charge on any atom is -0.494 e. The Morgan fingerprint density at radius 3 is 2.29 bits per heavy atom. The van der Waals surface area contributed by atoms with Crippen molar-refractivity contribution in [2.45, 2.75) is 13.1 Å². The number of ether oxygens (including phenoxy) is 3. The number of methoxy groups -OCH3 is 2. The molecule has 0 fully saturated rings. The van der Waals surface area contributed by atoms with Crippen LogP contribution in [0.5, 0.6) is 17.4 Å². The van der Waals surface area contributed by atoms with Crippen LogP contribution in [0, 0.1) is 12.7 Å². The fourth-order valence-electron chi connectivity index (χ4n) is 3.19. The number of aryl methyl sites for hydroxylation is 1. The van der Waals surface area contributed by atoms with Crippen molar-refractivity contribution in [2.75, 3.05) is 19.5 Å². The predicted octanol–water partition coefficient (Wildman–Crippen LogP) is 4.25. The Morgan fingerprint density at radius 2 is 1.62 bits per heavy atom. The van der Waals surface area contributed by atoms with E-state index in [0.717, 1.165) is 0 Å². The number of anilines is 2. The first kappa shape index (κ1) is 22.9. The quantitative estimate of drug-likeness (QED) is 0.333. The Bertz CT molecular complexity index is 1430. The molecule has 34 heavy (non-hydrogen) atoms. The van der Waals surface area contributed by atoms with Gasteiger partial charge in [-0.2, -0.15) is 18.2 Å². The molecule has 0 bridgehead atoms. The lowest BCUT2D eigenvalue weighted by Gasteiger charge is -2.13. The lowest BCUT2D eigenvalue weighted by Crippen LogP contribution is -2.28. The summed E-state index contributed by atoms with van der Waals surface area (Å²) in [5.41, 5.74) is 0.668. The molecule has 4 rings (SSSR count). The Hall–Kier alpha value is -4.29. The summed E-state index contributed by atoms with van der Waals surface area (Å²) in [6.45, 7) is 1.65. The monoisotopic (exact) mass is 477 g/mol. The molecule has 0 aliphatic heterocycles. The second-order valence-electron chi connectivity index (χ2n) is 6.83. The van der Waals surface area contributed by atoms with Crippen molar-refractivity contribution < 1.29 is 36.6 Å². The van der Waals surface area contributed by atoms with Gasteiger partial charge in [0.05, 0.1) is 25.3 Å². The minimum absolute atomic E-state index is 0.00171. The smallest absolute Gasteiger partial charge is 0.491 e. The van der Waals surface area contributed by atoms with Crippen LogP contribution in [0.2, 0.25) is 0 Å². The number of esters is 1. The van der Waals surface area contributed by atoms with E-state index in [1.807, 2.05) is 0 Å². The zero-order chi connectivity index (χ0) is 24.6. The second-order valence-corrected chi connectivity index (χ2v) is 6.83. The van der Waals surface area contributed by atoms with Crippen LogP contribution in [0.4, 0.5) is 29.5 Å². The molecule has 2 heterocycles. The van der Waals surface area contributed by atoms with E-state index in [0.29, 0.717) is 11.1 Å². The number of hydrogen-bond donors (Lipinski definition) is 1. The highest BCUT2D eigenvalue weighted by Crippen LogP contribution is 2.33. The van der Waals surface area contributed by atoms with E-state index in [-0.39, 0.29) is 39.8 Å². The molecule has 0 radical (unpaired) electrons. The molecular formula is C21H15F4N5O4. The first-order valence-corrected chi connectivity index (χ1v) is 9.54. The van der Waals surface area contributed by atoms with Crippen LogP contribution in [-0.2, 0) is 4.79 Å². The van der Waals surface area contributed by atoms with Gasteiger partial charge in [-0.15, -0.1) is 0 Å². The Morgan fingerprint density at radius 1 is 0.912 bits per heavy atom. The summed E-state index contributed by atoms with van der Waals surface area (Å²) in [5, 5.41) is 3.17. The molecule has 0 aliphatic carbocycles. The van der Waals surface area contributed by atoms with Crippen LogP contribution in [0.15, 0.2) is 30.3 Å². The van der Waals surface area contributed by atoms with Crippen molar-refractivity contribution in [1.29, 1.82) is 0 Å². The van der Waals surface area contributed by atoms with Crippen molar-refractivity contribution in [3.63, 3.8) is 0 Å².